The van der Waals surface area contributed by atoms with Gasteiger partial charge in [-0.2, -0.15) is 0 Å². The fourth-order valence-electron chi connectivity index (χ4n) is 1.99. The minimum absolute atomic E-state index is 0.138. The monoisotopic (exact) mass is 274 g/mol. The number of thiazole rings is 1. The van der Waals surface area contributed by atoms with Crippen molar-refractivity contribution in [1.82, 2.24) is 4.98 Å². The number of anilines is 1. The number of nitrogens with one attached hydrogen (secondary N) is 1. The molecule has 1 heterocycles. The van der Waals surface area contributed by atoms with Gasteiger partial charge in [-0.3, -0.25) is 4.79 Å². The zero-order valence-corrected chi connectivity index (χ0v) is 12.5. The number of rotatable bonds is 3. The Hall–Kier alpha value is -1.68. The summed E-state index contributed by atoms with van der Waals surface area (Å²) in [5, 5.41) is 5.69. The Morgan fingerprint density at radius 2 is 2.05 bits per heavy atom. The number of amides is 1. The molecule has 0 unspecified atom stereocenters. The Kier molecular flexibility index (Phi) is 4.00. The summed E-state index contributed by atoms with van der Waals surface area (Å²) in [7, 11) is 0. The van der Waals surface area contributed by atoms with Crippen molar-refractivity contribution in [3.05, 3.63) is 45.4 Å². The number of nitrogens with zero attached hydrogens (tertiary/aromatic N) is 1. The first-order valence-electron chi connectivity index (χ1n) is 6.32. The topological polar surface area (TPSA) is 42.0 Å². The average molecular weight is 274 g/mol. The molecule has 0 aliphatic heterocycles. The molecule has 1 amide bonds. The molecule has 2 aromatic rings. The van der Waals surface area contributed by atoms with E-state index in [-0.39, 0.29) is 5.91 Å². The smallest absolute Gasteiger partial charge is 0.275 e. The lowest BCUT2D eigenvalue weighted by Crippen LogP contribution is -2.15. The van der Waals surface area contributed by atoms with Gasteiger partial charge in [0.25, 0.3) is 5.91 Å². The maximum absolute atomic E-state index is 12.2. The van der Waals surface area contributed by atoms with Crippen molar-refractivity contribution in [2.75, 3.05) is 5.32 Å². The van der Waals surface area contributed by atoms with Crippen LogP contribution in [0.1, 0.15) is 46.4 Å². The highest BCUT2D eigenvalue weighted by molar-refractivity contribution is 7.09. The summed E-state index contributed by atoms with van der Waals surface area (Å²) in [5.41, 5.74) is 3.63. The summed E-state index contributed by atoms with van der Waals surface area (Å²) in [4.78, 5) is 16.4. The summed E-state index contributed by atoms with van der Waals surface area (Å²) in [5.74, 6) is 0.230. The van der Waals surface area contributed by atoms with Crippen molar-refractivity contribution in [3.8, 4) is 0 Å². The van der Waals surface area contributed by atoms with Crippen molar-refractivity contribution in [2.45, 2.75) is 33.6 Å². The fraction of sp³-hybridized carbons (Fsp3) is 0.333. The van der Waals surface area contributed by atoms with Gasteiger partial charge in [-0.1, -0.05) is 32.0 Å². The van der Waals surface area contributed by atoms with E-state index in [1.165, 1.54) is 11.3 Å². The number of aryl methyl sites for hydroxylation is 2. The Morgan fingerprint density at radius 1 is 1.32 bits per heavy atom. The molecular weight excluding hydrogens is 256 g/mol. The standard InChI is InChI=1S/C15H18N2OS/c1-9(2)12-7-5-6-10(3)14(12)17-15(18)13-8-19-11(4)16-13/h5-9H,1-4H3,(H,17,18). The minimum Gasteiger partial charge on any atom is -0.320 e. The van der Waals surface area contributed by atoms with Crippen LogP contribution < -0.4 is 5.32 Å². The summed E-state index contributed by atoms with van der Waals surface area (Å²) in [6.07, 6.45) is 0. The number of hydrogen-bond donors (Lipinski definition) is 1. The molecule has 0 saturated heterocycles. The first-order valence-corrected chi connectivity index (χ1v) is 7.20. The molecule has 19 heavy (non-hydrogen) atoms. The van der Waals surface area contributed by atoms with Crippen LogP contribution in [0.25, 0.3) is 0 Å². The van der Waals surface area contributed by atoms with E-state index in [2.05, 4.69) is 30.2 Å². The molecule has 4 heteroatoms. The van der Waals surface area contributed by atoms with Gasteiger partial charge in [-0.05, 0) is 30.9 Å². The van der Waals surface area contributed by atoms with Crippen LogP contribution in [0.15, 0.2) is 23.6 Å². The van der Waals surface area contributed by atoms with Crippen molar-refractivity contribution >= 4 is 22.9 Å². The molecule has 0 saturated carbocycles. The quantitative estimate of drug-likeness (QED) is 0.914. The van der Waals surface area contributed by atoms with Gasteiger partial charge in [0.15, 0.2) is 0 Å². The van der Waals surface area contributed by atoms with Crippen LogP contribution in [0.3, 0.4) is 0 Å². The second-order valence-electron chi connectivity index (χ2n) is 4.90. The number of benzene rings is 1. The second kappa shape index (κ2) is 5.53. The van der Waals surface area contributed by atoms with E-state index in [1.54, 1.807) is 5.38 Å². The van der Waals surface area contributed by atoms with E-state index >= 15 is 0 Å². The van der Waals surface area contributed by atoms with Gasteiger partial charge in [-0.15, -0.1) is 11.3 Å². The molecule has 3 nitrogen and oxygen atoms in total. The van der Waals surface area contributed by atoms with Crippen molar-refractivity contribution in [3.63, 3.8) is 0 Å². The average Bonchev–Trinajstić information content (AvgIpc) is 2.78. The Morgan fingerprint density at radius 3 is 2.63 bits per heavy atom. The number of hydrogen-bond acceptors (Lipinski definition) is 3. The minimum atomic E-state index is -0.138. The molecule has 0 bridgehead atoms. The summed E-state index contributed by atoms with van der Waals surface area (Å²) >= 11 is 1.49. The predicted molar refractivity (Wildman–Crippen MR) is 80.1 cm³/mol. The summed E-state index contributed by atoms with van der Waals surface area (Å²) in [6, 6.07) is 6.08. The molecule has 0 atom stereocenters. The zero-order valence-electron chi connectivity index (χ0n) is 11.7. The van der Waals surface area contributed by atoms with Gasteiger partial charge >= 0.3 is 0 Å². The number of aromatic nitrogens is 1. The molecule has 1 aromatic heterocycles. The lowest BCUT2D eigenvalue weighted by atomic mass is 9.98. The van der Waals surface area contributed by atoms with E-state index < -0.39 is 0 Å². The van der Waals surface area contributed by atoms with Gasteiger partial charge in [0.1, 0.15) is 5.69 Å². The summed E-state index contributed by atoms with van der Waals surface area (Å²) in [6.45, 7) is 8.15. The third-order valence-electron chi connectivity index (χ3n) is 3.02. The molecular formula is C15H18N2OS. The zero-order chi connectivity index (χ0) is 14.0. The lowest BCUT2D eigenvalue weighted by Gasteiger charge is -2.15. The van der Waals surface area contributed by atoms with Crippen molar-refractivity contribution in [1.29, 1.82) is 0 Å². The van der Waals surface area contributed by atoms with Gasteiger partial charge < -0.3 is 5.32 Å². The Labute approximate surface area is 117 Å². The molecule has 0 radical (unpaired) electrons. The first-order chi connectivity index (χ1) is 8.99. The largest absolute Gasteiger partial charge is 0.320 e. The van der Waals surface area contributed by atoms with Crippen LogP contribution in [0, 0.1) is 13.8 Å². The van der Waals surface area contributed by atoms with Crippen LogP contribution in [0.2, 0.25) is 0 Å². The summed E-state index contributed by atoms with van der Waals surface area (Å²) < 4.78 is 0. The fourth-order valence-corrected chi connectivity index (χ4v) is 2.58. The molecule has 0 aliphatic rings. The third kappa shape index (κ3) is 3.01. The van der Waals surface area contributed by atoms with Gasteiger partial charge in [-0.25, -0.2) is 4.98 Å². The maximum Gasteiger partial charge on any atom is 0.275 e. The molecule has 0 spiro atoms. The molecule has 0 aliphatic carbocycles. The van der Waals surface area contributed by atoms with E-state index in [4.69, 9.17) is 0 Å². The SMILES string of the molecule is Cc1nc(C(=O)Nc2c(C)cccc2C(C)C)cs1. The predicted octanol–water partition coefficient (Wildman–Crippen LogP) is 4.14. The molecule has 0 fully saturated rings. The van der Waals surface area contributed by atoms with E-state index in [1.807, 2.05) is 26.0 Å². The van der Waals surface area contributed by atoms with Gasteiger partial charge in [0.05, 0.1) is 5.01 Å². The van der Waals surface area contributed by atoms with Crippen LogP contribution in [-0.2, 0) is 0 Å². The molecule has 1 N–H and O–H groups in total. The third-order valence-corrected chi connectivity index (χ3v) is 3.79. The maximum atomic E-state index is 12.2. The highest BCUT2D eigenvalue weighted by Crippen LogP contribution is 2.27. The number of carbonyl (C=O) groups excluding carboxylic acids is 1. The van der Waals surface area contributed by atoms with Gasteiger partial charge in [0.2, 0.25) is 0 Å². The second-order valence-corrected chi connectivity index (χ2v) is 5.96. The first kappa shape index (κ1) is 13.7. The van der Waals surface area contributed by atoms with Crippen molar-refractivity contribution in [2.24, 2.45) is 0 Å². The normalized spacial score (nSPS) is 10.8. The van der Waals surface area contributed by atoms with Crippen LogP contribution in [0.4, 0.5) is 5.69 Å². The van der Waals surface area contributed by atoms with E-state index in [9.17, 15) is 4.79 Å². The highest BCUT2D eigenvalue weighted by atomic mass is 32.1. The number of carbonyl (C=O) groups is 1. The lowest BCUT2D eigenvalue weighted by molar-refractivity contribution is 0.102. The highest BCUT2D eigenvalue weighted by Gasteiger charge is 2.14. The molecule has 1 aromatic carbocycles. The Bertz CT molecular complexity index is 602. The van der Waals surface area contributed by atoms with E-state index in [0.29, 0.717) is 11.6 Å². The van der Waals surface area contributed by atoms with Crippen molar-refractivity contribution < 1.29 is 4.79 Å². The van der Waals surface area contributed by atoms with Gasteiger partial charge in [0, 0.05) is 11.1 Å². The van der Waals surface area contributed by atoms with Crippen LogP contribution >= 0.6 is 11.3 Å². The molecule has 100 valence electrons. The van der Waals surface area contributed by atoms with Crippen LogP contribution in [0.5, 0.6) is 0 Å². The van der Waals surface area contributed by atoms with E-state index in [0.717, 1.165) is 21.8 Å². The molecule has 2 rings (SSSR count). The number of para-hydroxylation sites is 1. The van der Waals surface area contributed by atoms with Crippen LogP contribution in [-0.4, -0.2) is 10.9 Å². The Balaban J connectivity index is 2.31.